The molecule has 0 aliphatic heterocycles. The van der Waals surface area contributed by atoms with Crippen molar-refractivity contribution < 1.29 is 9.53 Å². The first-order valence-electron chi connectivity index (χ1n) is 8.82. The van der Waals surface area contributed by atoms with Gasteiger partial charge in [0.1, 0.15) is 5.75 Å². The van der Waals surface area contributed by atoms with Gasteiger partial charge in [-0.05, 0) is 30.3 Å². The molecule has 4 rings (SSSR count). The summed E-state index contributed by atoms with van der Waals surface area (Å²) in [6.07, 6.45) is 0. The Morgan fingerprint density at radius 2 is 1.71 bits per heavy atom. The molecule has 1 amide bonds. The topological polar surface area (TPSA) is 51.2 Å². The summed E-state index contributed by atoms with van der Waals surface area (Å²) >= 11 is 5.95. The lowest BCUT2D eigenvalue weighted by molar-refractivity contribution is -0.118. The molecule has 4 aromatic rings. The van der Waals surface area contributed by atoms with E-state index in [0.29, 0.717) is 16.5 Å². The number of halogens is 1. The molecule has 0 radical (unpaired) electrons. The number of amides is 1. The summed E-state index contributed by atoms with van der Waals surface area (Å²) in [5, 5.41) is 4.20. The number of fused-ring (bicyclic) bond motifs is 1. The van der Waals surface area contributed by atoms with E-state index in [0.717, 1.165) is 22.2 Å². The number of nitrogens with zero attached hydrogens (tertiary/aromatic N) is 1. The third-order valence-corrected chi connectivity index (χ3v) is 4.45. The summed E-state index contributed by atoms with van der Waals surface area (Å²) in [6, 6.07) is 26.5. The second kappa shape index (κ2) is 8.11. The fourth-order valence-corrected chi connectivity index (χ4v) is 3.12. The number of carbonyl (C=O) groups excluding carboxylic acids is 1. The number of hydrogen-bond donors (Lipinski definition) is 1. The van der Waals surface area contributed by atoms with E-state index in [1.54, 1.807) is 24.3 Å². The lowest BCUT2D eigenvalue weighted by atomic mass is 10.1. The van der Waals surface area contributed by atoms with Crippen LogP contribution in [0.4, 0.5) is 5.69 Å². The summed E-state index contributed by atoms with van der Waals surface area (Å²) in [7, 11) is 0. The van der Waals surface area contributed by atoms with Crippen molar-refractivity contribution in [3.63, 3.8) is 0 Å². The largest absolute Gasteiger partial charge is 0.483 e. The summed E-state index contributed by atoms with van der Waals surface area (Å²) in [4.78, 5) is 17.0. The van der Waals surface area contributed by atoms with E-state index < -0.39 is 0 Å². The normalized spacial score (nSPS) is 10.6. The number of carbonyl (C=O) groups is 1. The zero-order valence-corrected chi connectivity index (χ0v) is 15.7. The van der Waals surface area contributed by atoms with Crippen molar-refractivity contribution in [2.45, 2.75) is 0 Å². The summed E-state index contributed by atoms with van der Waals surface area (Å²) in [5.74, 6) is 0.357. The molecule has 1 heterocycles. The zero-order chi connectivity index (χ0) is 19.3. The van der Waals surface area contributed by atoms with Gasteiger partial charge in [-0.2, -0.15) is 0 Å². The first-order chi connectivity index (χ1) is 13.7. The van der Waals surface area contributed by atoms with Crippen molar-refractivity contribution in [2.75, 3.05) is 11.9 Å². The quantitative estimate of drug-likeness (QED) is 0.486. The van der Waals surface area contributed by atoms with Crippen LogP contribution in [0.15, 0.2) is 84.9 Å². The van der Waals surface area contributed by atoms with Crippen LogP contribution in [0.5, 0.6) is 5.75 Å². The number of nitrogens with one attached hydrogen (secondary N) is 1. The van der Waals surface area contributed by atoms with Crippen LogP contribution in [0.25, 0.3) is 22.2 Å². The van der Waals surface area contributed by atoms with Gasteiger partial charge in [0, 0.05) is 27.7 Å². The minimum absolute atomic E-state index is 0.116. The van der Waals surface area contributed by atoms with Crippen LogP contribution in [-0.4, -0.2) is 17.5 Å². The van der Waals surface area contributed by atoms with Crippen LogP contribution in [-0.2, 0) is 4.79 Å². The fourth-order valence-electron chi connectivity index (χ4n) is 2.93. The lowest BCUT2D eigenvalue weighted by Crippen LogP contribution is -2.20. The first-order valence-corrected chi connectivity index (χ1v) is 9.20. The Labute approximate surface area is 167 Å². The minimum Gasteiger partial charge on any atom is -0.483 e. The molecule has 0 aliphatic carbocycles. The average molecular weight is 389 g/mol. The highest BCUT2D eigenvalue weighted by molar-refractivity contribution is 6.30. The molecular weight excluding hydrogens is 372 g/mol. The van der Waals surface area contributed by atoms with Crippen LogP contribution in [0.1, 0.15) is 0 Å². The van der Waals surface area contributed by atoms with Crippen molar-refractivity contribution >= 4 is 34.1 Å². The zero-order valence-electron chi connectivity index (χ0n) is 14.9. The van der Waals surface area contributed by atoms with E-state index in [9.17, 15) is 4.79 Å². The van der Waals surface area contributed by atoms with Crippen LogP contribution in [0.2, 0.25) is 5.02 Å². The molecule has 0 bridgehead atoms. The maximum Gasteiger partial charge on any atom is 0.262 e. The van der Waals surface area contributed by atoms with Gasteiger partial charge >= 0.3 is 0 Å². The summed E-state index contributed by atoms with van der Waals surface area (Å²) < 4.78 is 5.86. The van der Waals surface area contributed by atoms with Crippen molar-refractivity contribution in [1.29, 1.82) is 0 Å². The first kappa shape index (κ1) is 18.0. The highest BCUT2D eigenvalue weighted by Crippen LogP contribution is 2.30. The highest BCUT2D eigenvalue weighted by atomic mass is 35.5. The molecule has 0 saturated heterocycles. The minimum atomic E-state index is -0.260. The third-order valence-electron chi connectivity index (χ3n) is 4.21. The number of para-hydroxylation sites is 1. The van der Waals surface area contributed by atoms with Gasteiger partial charge in [-0.1, -0.05) is 60.1 Å². The van der Waals surface area contributed by atoms with Crippen molar-refractivity contribution in [1.82, 2.24) is 4.98 Å². The number of benzene rings is 3. The molecule has 0 spiro atoms. The third kappa shape index (κ3) is 4.13. The van der Waals surface area contributed by atoms with Crippen molar-refractivity contribution in [2.24, 2.45) is 0 Å². The molecular formula is C23H17ClN2O2. The van der Waals surface area contributed by atoms with Crippen molar-refractivity contribution in [3.8, 4) is 17.0 Å². The Bertz CT molecular complexity index is 1130. The van der Waals surface area contributed by atoms with Crippen LogP contribution < -0.4 is 10.1 Å². The van der Waals surface area contributed by atoms with E-state index in [1.165, 1.54) is 0 Å². The van der Waals surface area contributed by atoms with Gasteiger partial charge in [0.25, 0.3) is 5.91 Å². The molecule has 138 valence electrons. The number of pyridine rings is 1. The SMILES string of the molecule is O=C(COc1cc(-c2ccccc2)nc2ccccc12)Nc1cccc(Cl)c1. The predicted molar refractivity (Wildman–Crippen MR) is 113 cm³/mol. The van der Waals surface area contributed by atoms with Gasteiger partial charge in [-0.25, -0.2) is 4.98 Å². The number of rotatable bonds is 5. The van der Waals surface area contributed by atoms with E-state index >= 15 is 0 Å². The Hall–Kier alpha value is -3.37. The predicted octanol–water partition coefficient (Wildman–Crippen LogP) is 5.57. The average Bonchev–Trinajstić information content (AvgIpc) is 2.72. The molecule has 0 aliphatic rings. The molecule has 3 aromatic carbocycles. The van der Waals surface area contributed by atoms with Gasteiger partial charge in [0.05, 0.1) is 11.2 Å². The van der Waals surface area contributed by atoms with E-state index in [-0.39, 0.29) is 12.5 Å². The van der Waals surface area contributed by atoms with Crippen molar-refractivity contribution in [3.05, 3.63) is 90.0 Å². The number of anilines is 1. The van der Waals surface area contributed by atoms with Gasteiger partial charge < -0.3 is 10.1 Å². The van der Waals surface area contributed by atoms with E-state index in [2.05, 4.69) is 5.32 Å². The monoisotopic (exact) mass is 388 g/mol. The maximum atomic E-state index is 12.3. The molecule has 1 aromatic heterocycles. The van der Waals surface area contributed by atoms with Crippen LogP contribution in [0.3, 0.4) is 0 Å². The number of aromatic nitrogens is 1. The van der Waals surface area contributed by atoms with Gasteiger partial charge in [-0.15, -0.1) is 0 Å². The Balaban J connectivity index is 1.58. The molecule has 1 N–H and O–H groups in total. The van der Waals surface area contributed by atoms with Gasteiger partial charge in [0.2, 0.25) is 0 Å². The smallest absolute Gasteiger partial charge is 0.262 e. The molecule has 5 heteroatoms. The second-order valence-electron chi connectivity index (χ2n) is 6.24. The van der Waals surface area contributed by atoms with Gasteiger partial charge in [-0.3, -0.25) is 4.79 Å². The van der Waals surface area contributed by atoms with Crippen LogP contribution in [0, 0.1) is 0 Å². The summed E-state index contributed by atoms with van der Waals surface area (Å²) in [6.45, 7) is -0.116. The Morgan fingerprint density at radius 3 is 2.54 bits per heavy atom. The standard InChI is InChI=1S/C23H17ClN2O2/c24-17-9-6-10-18(13-17)25-23(27)15-28-22-14-21(16-7-2-1-3-8-16)26-20-12-5-4-11-19(20)22/h1-14H,15H2,(H,25,27). The molecule has 0 saturated carbocycles. The molecule has 4 nitrogen and oxygen atoms in total. The summed E-state index contributed by atoms with van der Waals surface area (Å²) in [5.41, 5.74) is 3.23. The highest BCUT2D eigenvalue weighted by Gasteiger charge is 2.11. The van der Waals surface area contributed by atoms with Crippen LogP contribution >= 0.6 is 11.6 Å². The Morgan fingerprint density at radius 1 is 0.929 bits per heavy atom. The second-order valence-corrected chi connectivity index (χ2v) is 6.67. The number of hydrogen-bond acceptors (Lipinski definition) is 3. The molecule has 28 heavy (non-hydrogen) atoms. The van der Waals surface area contributed by atoms with Gasteiger partial charge in [0.15, 0.2) is 6.61 Å². The fraction of sp³-hybridized carbons (Fsp3) is 0.0435. The maximum absolute atomic E-state index is 12.3. The van der Waals surface area contributed by atoms with E-state index in [1.807, 2.05) is 60.7 Å². The number of ether oxygens (including phenoxy) is 1. The molecule has 0 unspecified atom stereocenters. The molecule has 0 atom stereocenters. The molecule has 0 fully saturated rings. The van der Waals surface area contributed by atoms with E-state index in [4.69, 9.17) is 21.3 Å². The lowest BCUT2D eigenvalue weighted by Gasteiger charge is -2.12. The Kier molecular flexibility index (Phi) is 5.22.